The molecule has 0 spiro atoms. The van der Waals surface area contributed by atoms with Gasteiger partial charge in [-0.2, -0.15) is 0 Å². The molecule has 1 amide bonds. The monoisotopic (exact) mass is 451 g/mol. The van der Waals surface area contributed by atoms with Gasteiger partial charge in [0.15, 0.2) is 4.77 Å². The molecule has 0 aliphatic rings. The molecule has 3 aromatic rings. The zero-order valence-corrected chi connectivity index (χ0v) is 16.0. The Morgan fingerprint density at radius 2 is 2.00 bits per heavy atom. The number of anilines is 1. The van der Waals surface area contributed by atoms with E-state index >= 15 is 0 Å². The van der Waals surface area contributed by atoms with Gasteiger partial charge >= 0.3 is 0 Å². The number of amides is 1. The Bertz CT molecular complexity index is 1090. The average molecular weight is 451 g/mol. The minimum absolute atomic E-state index is 0.186. The third-order valence-electron chi connectivity index (χ3n) is 3.80. The first kappa shape index (κ1) is 16.8. The van der Waals surface area contributed by atoms with Crippen LogP contribution in [0.15, 0.2) is 41.2 Å². The van der Waals surface area contributed by atoms with Crippen molar-refractivity contribution in [3.63, 3.8) is 0 Å². The number of fused-ring (bicyclic) bond motifs is 1. The van der Waals surface area contributed by atoms with E-state index in [1.165, 1.54) is 4.57 Å². The van der Waals surface area contributed by atoms with Gasteiger partial charge in [0, 0.05) is 21.9 Å². The van der Waals surface area contributed by atoms with Crippen molar-refractivity contribution < 1.29 is 4.79 Å². The lowest BCUT2D eigenvalue weighted by molar-refractivity contribution is 0.102. The van der Waals surface area contributed by atoms with E-state index in [0.29, 0.717) is 21.2 Å². The fraction of sp³-hybridized carbons (Fsp3) is 0.118. The van der Waals surface area contributed by atoms with E-state index in [2.05, 4.69) is 32.9 Å². The van der Waals surface area contributed by atoms with E-state index in [1.54, 1.807) is 25.2 Å². The molecule has 0 aliphatic heterocycles. The number of hydrogen-bond donors (Lipinski definition) is 2. The molecular formula is C17H14IN3O2S. The van der Waals surface area contributed by atoms with Crippen LogP contribution in [0.2, 0.25) is 0 Å². The fourth-order valence-corrected chi connectivity index (χ4v) is 3.25. The molecule has 3 rings (SSSR count). The molecule has 24 heavy (non-hydrogen) atoms. The number of nitrogens with zero attached hydrogens (tertiary/aromatic N) is 1. The molecular weight excluding hydrogens is 437 g/mol. The number of halogens is 1. The highest BCUT2D eigenvalue weighted by Crippen LogP contribution is 2.19. The maximum absolute atomic E-state index is 12.5. The second kappa shape index (κ2) is 6.48. The van der Waals surface area contributed by atoms with Crippen molar-refractivity contribution in [1.29, 1.82) is 0 Å². The van der Waals surface area contributed by atoms with E-state index in [-0.39, 0.29) is 11.5 Å². The highest BCUT2D eigenvalue weighted by atomic mass is 127. The molecule has 0 bridgehead atoms. The molecule has 0 radical (unpaired) electrons. The van der Waals surface area contributed by atoms with Crippen LogP contribution in [0.1, 0.15) is 15.9 Å². The Labute approximate surface area is 156 Å². The Morgan fingerprint density at radius 1 is 1.25 bits per heavy atom. The smallest absolute Gasteiger partial charge is 0.261 e. The van der Waals surface area contributed by atoms with Crippen LogP contribution in [0, 0.1) is 15.3 Å². The molecule has 7 heteroatoms. The van der Waals surface area contributed by atoms with Gasteiger partial charge in [0.05, 0.1) is 10.9 Å². The fourth-order valence-electron chi connectivity index (χ4n) is 2.41. The number of rotatable bonds is 2. The van der Waals surface area contributed by atoms with Crippen LogP contribution < -0.4 is 10.9 Å². The number of carbonyl (C=O) groups is 1. The highest BCUT2D eigenvalue weighted by Gasteiger charge is 2.11. The lowest BCUT2D eigenvalue weighted by Gasteiger charge is -2.10. The van der Waals surface area contributed by atoms with E-state index < -0.39 is 0 Å². The Balaban J connectivity index is 2.00. The Kier molecular flexibility index (Phi) is 4.55. The van der Waals surface area contributed by atoms with Crippen LogP contribution in [0.3, 0.4) is 0 Å². The highest BCUT2D eigenvalue weighted by molar-refractivity contribution is 14.1. The van der Waals surface area contributed by atoms with Gasteiger partial charge in [0.1, 0.15) is 0 Å². The first-order chi connectivity index (χ1) is 11.4. The predicted octanol–water partition coefficient (Wildman–Crippen LogP) is 3.76. The maximum Gasteiger partial charge on any atom is 0.261 e. The minimum atomic E-state index is -0.235. The van der Waals surface area contributed by atoms with Crippen molar-refractivity contribution in [3.8, 4) is 0 Å². The minimum Gasteiger partial charge on any atom is -0.332 e. The maximum atomic E-state index is 12.5. The summed E-state index contributed by atoms with van der Waals surface area (Å²) in [5, 5.41) is 3.39. The van der Waals surface area contributed by atoms with Gasteiger partial charge in [-0.15, -0.1) is 0 Å². The summed E-state index contributed by atoms with van der Waals surface area (Å²) in [6.45, 7) is 1.94. The lowest BCUT2D eigenvalue weighted by atomic mass is 10.1. The largest absolute Gasteiger partial charge is 0.332 e. The van der Waals surface area contributed by atoms with Crippen LogP contribution in [0.5, 0.6) is 0 Å². The van der Waals surface area contributed by atoms with E-state index in [1.807, 2.05) is 25.1 Å². The standard InChI is InChI=1S/C17H14IN3O2S/c1-9-7-11(18)4-6-13(9)19-15(22)10-3-5-12-14(8-10)20-17(24)21(2)16(12)23/h3-8H,1-2H3,(H,19,22)(H,20,24). The molecule has 0 fully saturated rings. The number of nitrogens with one attached hydrogen (secondary N) is 2. The van der Waals surface area contributed by atoms with Crippen LogP contribution in [-0.4, -0.2) is 15.5 Å². The molecule has 0 saturated carbocycles. The van der Waals surface area contributed by atoms with Gasteiger partial charge in [-0.25, -0.2) is 0 Å². The number of aromatic nitrogens is 2. The first-order valence-corrected chi connectivity index (χ1v) is 8.66. The van der Waals surface area contributed by atoms with Crippen molar-refractivity contribution >= 4 is 57.3 Å². The molecule has 1 heterocycles. The number of aryl methyl sites for hydroxylation is 1. The molecule has 2 N–H and O–H groups in total. The number of carbonyl (C=O) groups excluding carboxylic acids is 1. The summed E-state index contributed by atoms with van der Waals surface area (Å²) in [4.78, 5) is 27.6. The molecule has 122 valence electrons. The Morgan fingerprint density at radius 3 is 2.71 bits per heavy atom. The van der Waals surface area contributed by atoms with Crippen molar-refractivity contribution in [2.75, 3.05) is 5.32 Å². The number of hydrogen-bond acceptors (Lipinski definition) is 3. The van der Waals surface area contributed by atoms with Crippen LogP contribution in [0.4, 0.5) is 5.69 Å². The van der Waals surface area contributed by atoms with Gasteiger partial charge in [0.25, 0.3) is 11.5 Å². The van der Waals surface area contributed by atoms with Crippen LogP contribution in [0.25, 0.3) is 10.9 Å². The summed E-state index contributed by atoms with van der Waals surface area (Å²) in [7, 11) is 1.61. The average Bonchev–Trinajstić information content (AvgIpc) is 2.54. The molecule has 2 aromatic carbocycles. The predicted molar refractivity (Wildman–Crippen MR) is 106 cm³/mol. The third kappa shape index (κ3) is 3.13. The number of H-pyrrole nitrogens is 1. The van der Waals surface area contributed by atoms with Gasteiger partial charge in [0.2, 0.25) is 0 Å². The zero-order chi connectivity index (χ0) is 17.4. The normalized spacial score (nSPS) is 10.8. The number of aromatic amines is 1. The summed E-state index contributed by atoms with van der Waals surface area (Å²) in [6.07, 6.45) is 0. The molecule has 0 atom stereocenters. The van der Waals surface area contributed by atoms with E-state index in [9.17, 15) is 9.59 Å². The van der Waals surface area contributed by atoms with Crippen molar-refractivity contribution in [2.45, 2.75) is 6.92 Å². The van der Waals surface area contributed by atoms with Gasteiger partial charge in [-0.3, -0.25) is 14.2 Å². The Hall–Kier alpha value is -2.00. The quantitative estimate of drug-likeness (QED) is 0.461. The molecule has 0 aliphatic carbocycles. The van der Waals surface area contributed by atoms with Crippen LogP contribution >= 0.6 is 34.8 Å². The van der Waals surface area contributed by atoms with E-state index in [4.69, 9.17) is 12.2 Å². The summed E-state index contributed by atoms with van der Waals surface area (Å²) in [5.74, 6) is -0.235. The van der Waals surface area contributed by atoms with Crippen molar-refractivity contribution in [1.82, 2.24) is 9.55 Å². The first-order valence-electron chi connectivity index (χ1n) is 7.17. The summed E-state index contributed by atoms with van der Waals surface area (Å²) in [5.41, 5.74) is 2.57. The van der Waals surface area contributed by atoms with Gasteiger partial charge < -0.3 is 10.3 Å². The molecule has 1 aromatic heterocycles. The van der Waals surface area contributed by atoms with Gasteiger partial charge in [-0.1, -0.05) is 0 Å². The molecule has 0 saturated heterocycles. The lowest BCUT2D eigenvalue weighted by Crippen LogP contribution is -2.19. The summed E-state index contributed by atoms with van der Waals surface area (Å²) >= 11 is 7.34. The van der Waals surface area contributed by atoms with Crippen molar-refractivity contribution in [3.05, 3.63) is 66.2 Å². The summed E-state index contributed by atoms with van der Waals surface area (Å²) in [6, 6.07) is 10.7. The summed E-state index contributed by atoms with van der Waals surface area (Å²) < 4.78 is 2.79. The number of benzene rings is 2. The molecule has 0 unspecified atom stereocenters. The second-order valence-electron chi connectivity index (χ2n) is 5.47. The zero-order valence-electron chi connectivity index (χ0n) is 13.0. The topological polar surface area (TPSA) is 66.9 Å². The van der Waals surface area contributed by atoms with E-state index in [0.717, 1.165) is 14.8 Å². The third-order valence-corrected chi connectivity index (χ3v) is 4.85. The molecule has 5 nitrogen and oxygen atoms in total. The van der Waals surface area contributed by atoms with Crippen molar-refractivity contribution in [2.24, 2.45) is 7.05 Å². The van der Waals surface area contributed by atoms with Gasteiger partial charge in [-0.05, 0) is 83.7 Å². The van der Waals surface area contributed by atoms with Crippen LogP contribution in [-0.2, 0) is 7.05 Å². The second-order valence-corrected chi connectivity index (χ2v) is 7.10. The SMILES string of the molecule is Cc1cc(I)ccc1NC(=O)c1ccc2c(=O)n(C)c(=S)[nH]c2c1.